The number of amides is 1. The van der Waals surface area contributed by atoms with Crippen LogP contribution in [-0.2, 0) is 4.79 Å². The number of carbonyl (C=O) groups is 1. The number of nitrogens with one attached hydrogen (secondary N) is 1. The van der Waals surface area contributed by atoms with E-state index in [-0.39, 0.29) is 17.2 Å². The van der Waals surface area contributed by atoms with Crippen molar-refractivity contribution in [2.45, 2.75) is 104 Å². The Hall–Kier alpha value is -0.910. The first kappa shape index (κ1) is 25.2. The average molecular weight is 461 g/mol. The molecule has 4 fully saturated rings. The van der Waals surface area contributed by atoms with Gasteiger partial charge >= 0.3 is 0 Å². The number of hydrogen-bond acceptors (Lipinski definition) is 4. The maximum absolute atomic E-state index is 12.5. The largest absolute Gasteiger partial charge is 0.391 e. The molecule has 5 heteroatoms. The van der Waals surface area contributed by atoms with Crippen molar-refractivity contribution in [2.24, 2.45) is 40.4 Å². The molecule has 11 atom stereocenters. The van der Waals surface area contributed by atoms with Gasteiger partial charge in [0.1, 0.15) is 0 Å². The molecule has 5 nitrogen and oxygen atoms in total. The highest BCUT2D eigenvalue weighted by molar-refractivity contribution is 5.92. The Bertz CT molecular complexity index is 781. The molecule has 33 heavy (non-hydrogen) atoms. The molecule has 188 valence electrons. The summed E-state index contributed by atoms with van der Waals surface area (Å²) in [6, 6.07) is 0.0273. The first-order valence-electron chi connectivity index (χ1n) is 13.4. The van der Waals surface area contributed by atoms with Crippen LogP contribution in [-0.4, -0.2) is 59.4 Å². The van der Waals surface area contributed by atoms with Gasteiger partial charge in [-0.05, 0) is 120 Å². The van der Waals surface area contributed by atoms with E-state index in [4.69, 9.17) is 0 Å². The van der Waals surface area contributed by atoms with Gasteiger partial charge in [0.15, 0.2) is 0 Å². The van der Waals surface area contributed by atoms with Gasteiger partial charge < -0.3 is 20.4 Å². The summed E-state index contributed by atoms with van der Waals surface area (Å²) >= 11 is 0. The molecule has 0 saturated heterocycles. The molecule has 3 N–H and O–H groups in total. The van der Waals surface area contributed by atoms with Gasteiger partial charge in [-0.3, -0.25) is 4.79 Å². The highest BCUT2D eigenvalue weighted by Crippen LogP contribution is 2.67. The van der Waals surface area contributed by atoms with E-state index in [2.05, 4.69) is 45.1 Å². The van der Waals surface area contributed by atoms with Gasteiger partial charge in [0, 0.05) is 11.6 Å². The molecule has 0 heterocycles. The van der Waals surface area contributed by atoms with Crippen LogP contribution >= 0.6 is 0 Å². The number of allylic oxidation sites excluding steroid dienone is 1. The van der Waals surface area contributed by atoms with Gasteiger partial charge in [0.05, 0.1) is 18.2 Å². The fourth-order valence-corrected chi connectivity index (χ4v) is 9.18. The van der Waals surface area contributed by atoms with Gasteiger partial charge in [-0.25, -0.2) is 0 Å². The van der Waals surface area contributed by atoms with E-state index in [1.165, 1.54) is 32.1 Å². The fourth-order valence-electron chi connectivity index (χ4n) is 9.18. The van der Waals surface area contributed by atoms with E-state index in [9.17, 15) is 15.0 Å². The van der Waals surface area contributed by atoms with Crippen LogP contribution in [0.25, 0.3) is 0 Å². The summed E-state index contributed by atoms with van der Waals surface area (Å²) < 4.78 is 0. The van der Waals surface area contributed by atoms with Crippen LogP contribution in [0.4, 0.5) is 0 Å². The molecule has 7 unspecified atom stereocenters. The summed E-state index contributed by atoms with van der Waals surface area (Å²) in [6.45, 7) is 10.9. The third-order valence-electron chi connectivity index (χ3n) is 11.3. The average Bonchev–Trinajstić information content (AvgIpc) is 3.12. The Labute approximate surface area is 201 Å². The highest BCUT2D eigenvalue weighted by Gasteiger charge is 2.63. The SMILES string of the molecule is C/C=C(\C)C(=O)N[C@H]1C(O)C[C@]2(C)C3CC[C@@]4(C)C(CC[C@@H]4C(C)N(C)C)C3CCC2C1O. The van der Waals surface area contributed by atoms with E-state index >= 15 is 0 Å². The number of fused-ring (bicyclic) bond motifs is 5. The lowest BCUT2D eigenvalue weighted by Gasteiger charge is -2.63. The summed E-state index contributed by atoms with van der Waals surface area (Å²) in [5, 5.41) is 25.5. The maximum atomic E-state index is 12.5. The van der Waals surface area contributed by atoms with E-state index in [0.717, 1.165) is 18.3 Å². The van der Waals surface area contributed by atoms with Crippen LogP contribution in [0, 0.1) is 40.4 Å². The Kier molecular flexibility index (Phi) is 6.83. The van der Waals surface area contributed by atoms with Crippen molar-refractivity contribution in [3.8, 4) is 0 Å². The maximum Gasteiger partial charge on any atom is 0.246 e. The van der Waals surface area contributed by atoms with E-state index < -0.39 is 18.2 Å². The molecule has 0 aliphatic heterocycles. The Morgan fingerprint density at radius 1 is 1.03 bits per heavy atom. The second-order valence-electron chi connectivity index (χ2n) is 12.7. The van der Waals surface area contributed by atoms with Crippen molar-refractivity contribution in [1.82, 2.24) is 10.2 Å². The number of aliphatic hydroxyl groups is 2. The molecule has 0 radical (unpaired) electrons. The molecule has 0 spiro atoms. The van der Waals surface area contributed by atoms with Gasteiger partial charge in [-0.1, -0.05) is 19.9 Å². The van der Waals surface area contributed by atoms with Gasteiger partial charge in [-0.2, -0.15) is 0 Å². The number of carbonyl (C=O) groups excluding carboxylic acids is 1. The summed E-state index contributed by atoms with van der Waals surface area (Å²) in [4.78, 5) is 14.9. The molecule has 0 aromatic carbocycles. The molecule has 4 aliphatic rings. The third-order valence-corrected chi connectivity index (χ3v) is 11.3. The lowest BCUT2D eigenvalue weighted by molar-refractivity contribution is -0.180. The summed E-state index contributed by atoms with van der Waals surface area (Å²) in [5.41, 5.74) is 0.965. The molecule has 0 bridgehead atoms. The van der Waals surface area contributed by atoms with Gasteiger partial charge in [0.25, 0.3) is 0 Å². The first-order chi connectivity index (χ1) is 15.5. The third kappa shape index (κ3) is 3.90. The minimum absolute atomic E-state index is 0.0643. The molecule has 4 aliphatic carbocycles. The summed E-state index contributed by atoms with van der Waals surface area (Å²) in [6.07, 6.45) is 8.36. The van der Waals surface area contributed by atoms with Gasteiger partial charge in [-0.15, -0.1) is 0 Å². The van der Waals surface area contributed by atoms with Crippen molar-refractivity contribution in [2.75, 3.05) is 14.1 Å². The first-order valence-corrected chi connectivity index (χ1v) is 13.4. The molecule has 4 rings (SSSR count). The normalized spacial score (nSPS) is 48.6. The smallest absolute Gasteiger partial charge is 0.246 e. The Morgan fingerprint density at radius 2 is 1.67 bits per heavy atom. The molecule has 0 aromatic heterocycles. The monoisotopic (exact) mass is 460 g/mol. The van der Waals surface area contributed by atoms with Crippen LogP contribution in [0.5, 0.6) is 0 Å². The summed E-state index contributed by atoms with van der Waals surface area (Å²) in [7, 11) is 4.44. The molecule has 4 saturated carbocycles. The number of rotatable bonds is 4. The number of nitrogens with zero attached hydrogens (tertiary/aromatic N) is 1. The molecule has 1 amide bonds. The van der Waals surface area contributed by atoms with Crippen LogP contribution in [0.15, 0.2) is 11.6 Å². The zero-order valence-electron chi connectivity index (χ0n) is 22.0. The van der Waals surface area contributed by atoms with Crippen LogP contribution in [0.3, 0.4) is 0 Å². The predicted molar refractivity (Wildman–Crippen MR) is 133 cm³/mol. The van der Waals surface area contributed by atoms with Gasteiger partial charge in [0.2, 0.25) is 5.91 Å². The Balaban J connectivity index is 1.55. The zero-order chi connectivity index (χ0) is 24.3. The standard InChI is InChI=1S/C28H48N2O3/c1-8-16(2)26(33)29-24-23(31)15-28(5)21-13-14-27(4)19(17(3)30(6)7)11-12-20(27)18(21)9-10-22(28)25(24)32/h8,17-25,31-32H,9-15H2,1-7H3,(H,29,33)/b16-8+/t17?,18?,19-,20?,21?,22?,23?,24+,25?,27-,28-/m1/s1. The molecular formula is C28H48N2O3. The van der Waals surface area contributed by atoms with Crippen molar-refractivity contribution in [3.63, 3.8) is 0 Å². The second-order valence-corrected chi connectivity index (χ2v) is 12.7. The highest BCUT2D eigenvalue weighted by atomic mass is 16.3. The van der Waals surface area contributed by atoms with Crippen molar-refractivity contribution < 1.29 is 15.0 Å². The van der Waals surface area contributed by atoms with Crippen molar-refractivity contribution in [3.05, 3.63) is 11.6 Å². The summed E-state index contributed by atoms with van der Waals surface area (Å²) in [5.74, 6) is 2.71. The zero-order valence-corrected chi connectivity index (χ0v) is 22.0. The van der Waals surface area contributed by atoms with Crippen LogP contribution < -0.4 is 5.32 Å². The minimum atomic E-state index is -0.702. The van der Waals surface area contributed by atoms with Crippen molar-refractivity contribution >= 4 is 5.91 Å². The van der Waals surface area contributed by atoms with Crippen LogP contribution in [0.1, 0.15) is 79.6 Å². The lowest BCUT2D eigenvalue weighted by atomic mass is 9.43. The Morgan fingerprint density at radius 3 is 2.30 bits per heavy atom. The second kappa shape index (κ2) is 8.95. The number of aliphatic hydroxyl groups excluding tert-OH is 2. The minimum Gasteiger partial charge on any atom is -0.391 e. The predicted octanol–water partition coefficient (Wildman–Crippen LogP) is 3.99. The van der Waals surface area contributed by atoms with Crippen molar-refractivity contribution in [1.29, 1.82) is 0 Å². The topological polar surface area (TPSA) is 72.8 Å². The quantitative estimate of drug-likeness (QED) is 0.555. The van der Waals surface area contributed by atoms with E-state index in [0.29, 0.717) is 35.3 Å². The molecule has 0 aromatic rings. The lowest BCUT2D eigenvalue weighted by Crippen LogP contribution is -2.65. The fraction of sp³-hybridized carbons (Fsp3) is 0.893. The van der Waals surface area contributed by atoms with E-state index in [1.54, 1.807) is 13.0 Å². The number of hydrogen-bond donors (Lipinski definition) is 3. The molecular weight excluding hydrogens is 412 g/mol. The van der Waals surface area contributed by atoms with E-state index in [1.807, 2.05) is 6.92 Å². The van der Waals surface area contributed by atoms with Crippen LogP contribution in [0.2, 0.25) is 0 Å².